The molecule has 0 aromatic rings. The number of rotatable bonds is 9. The van der Waals surface area contributed by atoms with E-state index in [9.17, 15) is 13.2 Å². The van der Waals surface area contributed by atoms with Crippen molar-refractivity contribution < 1.29 is 17.9 Å². The van der Waals surface area contributed by atoms with Crippen molar-refractivity contribution in [3.63, 3.8) is 0 Å². The van der Waals surface area contributed by atoms with Gasteiger partial charge in [-0.25, -0.2) is 0 Å². The van der Waals surface area contributed by atoms with Gasteiger partial charge < -0.3 is 10.1 Å². The van der Waals surface area contributed by atoms with E-state index in [1.54, 1.807) is 0 Å². The van der Waals surface area contributed by atoms with E-state index < -0.39 is 12.3 Å². The van der Waals surface area contributed by atoms with E-state index in [0.29, 0.717) is 6.54 Å². The molecule has 98 valence electrons. The van der Waals surface area contributed by atoms with Crippen LogP contribution < -0.4 is 5.32 Å². The van der Waals surface area contributed by atoms with Crippen LogP contribution in [0.4, 0.5) is 13.2 Å². The summed E-state index contributed by atoms with van der Waals surface area (Å²) in [4.78, 5) is 0. The highest BCUT2D eigenvalue weighted by Gasteiger charge is 2.36. The Morgan fingerprint density at radius 3 is 2.38 bits per heavy atom. The molecular weight excluding hydrogens is 219 g/mol. The van der Waals surface area contributed by atoms with Gasteiger partial charge in [-0.15, -0.1) is 0 Å². The SMILES string of the molecule is CCCCCCNCCOC(C)C(F)(F)F. The molecule has 0 bridgehead atoms. The van der Waals surface area contributed by atoms with Crippen molar-refractivity contribution in [2.75, 3.05) is 19.7 Å². The molecule has 0 aliphatic rings. The van der Waals surface area contributed by atoms with Gasteiger partial charge in [-0.2, -0.15) is 13.2 Å². The lowest BCUT2D eigenvalue weighted by Gasteiger charge is -2.16. The van der Waals surface area contributed by atoms with E-state index in [-0.39, 0.29) is 6.61 Å². The van der Waals surface area contributed by atoms with Crippen LogP contribution in [0.15, 0.2) is 0 Å². The molecule has 0 fully saturated rings. The minimum Gasteiger partial charge on any atom is -0.368 e. The number of hydrogen-bond donors (Lipinski definition) is 1. The standard InChI is InChI=1S/C11H22F3NO/c1-3-4-5-6-7-15-8-9-16-10(2)11(12,13)14/h10,15H,3-9H2,1-2H3. The average Bonchev–Trinajstić information content (AvgIpc) is 2.20. The molecular formula is C11H22F3NO. The van der Waals surface area contributed by atoms with Crippen LogP contribution in [0.1, 0.15) is 39.5 Å². The smallest absolute Gasteiger partial charge is 0.368 e. The summed E-state index contributed by atoms with van der Waals surface area (Å²) < 4.78 is 40.7. The molecule has 0 radical (unpaired) electrons. The number of nitrogens with one attached hydrogen (secondary N) is 1. The maximum atomic E-state index is 12.0. The fourth-order valence-corrected chi connectivity index (χ4v) is 1.20. The Labute approximate surface area is 95.5 Å². The van der Waals surface area contributed by atoms with Gasteiger partial charge in [-0.3, -0.25) is 0 Å². The first kappa shape index (κ1) is 15.7. The highest BCUT2D eigenvalue weighted by molar-refractivity contribution is 4.60. The number of ether oxygens (including phenoxy) is 1. The van der Waals surface area contributed by atoms with Crippen molar-refractivity contribution in [3.05, 3.63) is 0 Å². The molecule has 0 aromatic carbocycles. The molecule has 0 amide bonds. The molecule has 0 rings (SSSR count). The van der Waals surface area contributed by atoms with Gasteiger partial charge in [-0.1, -0.05) is 26.2 Å². The number of unbranched alkanes of at least 4 members (excludes halogenated alkanes) is 3. The van der Waals surface area contributed by atoms with Gasteiger partial charge in [-0.05, 0) is 19.9 Å². The van der Waals surface area contributed by atoms with Gasteiger partial charge in [0.1, 0.15) is 0 Å². The summed E-state index contributed by atoms with van der Waals surface area (Å²) in [6.45, 7) is 4.60. The van der Waals surface area contributed by atoms with Gasteiger partial charge in [0.2, 0.25) is 0 Å². The van der Waals surface area contributed by atoms with Crippen molar-refractivity contribution in [1.29, 1.82) is 0 Å². The molecule has 2 nitrogen and oxygen atoms in total. The summed E-state index contributed by atoms with van der Waals surface area (Å²) in [6, 6.07) is 0. The van der Waals surface area contributed by atoms with E-state index in [2.05, 4.69) is 17.0 Å². The minimum absolute atomic E-state index is 0.106. The lowest BCUT2D eigenvalue weighted by Crippen LogP contribution is -2.31. The molecule has 0 aliphatic heterocycles. The zero-order valence-electron chi connectivity index (χ0n) is 10.1. The fraction of sp³-hybridized carbons (Fsp3) is 1.00. The van der Waals surface area contributed by atoms with E-state index in [1.165, 1.54) is 19.3 Å². The molecule has 1 atom stereocenters. The maximum absolute atomic E-state index is 12.0. The molecule has 0 aliphatic carbocycles. The van der Waals surface area contributed by atoms with Crippen LogP contribution in [-0.2, 0) is 4.74 Å². The zero-order valence-corrected chi connectivity index (χ0v) is 10.1. The Morgan fingerprint density at radius 1 is 1.12 bits per heavy atom. The Morgan fingerprint density at radius 2 is 1.81 bits per heavy atom. The van der Waals surface area contributed by atoms with Crippen LogP contribution in [0.5, 0.6) is 0 Å². The molecule has 16 heavy (non-hydrogen) atoms. The third-order valence-corrected chi connectivity index (χ3v) is 2.31. The van der Waals surface area contributed by atoms with Crippen LogP contribution in [0.2, 0.25) is 0 Å². The molecule has 0 saturated carbocycles. The van der Waals surface area contributed by atoms with Gasteiger partial charge in [0.25, 0.3) is 0 Å². The van der Waals surface area contributed by atoms with Crippen LogP contribution in [0.3, 0.4) is 0 Å². The lowest BCUT2D eigenvalue weighted by molar-refractivity contribution is -0.213. The Balaban J connectivity index is 3.21. The fourth-order valence-electron chi connectivity index (χ4n) is 1.20. The molecule has 0 heterocycles. The van der Waals surface area contributed by atoms with Gasteiger partial charge in [0.15, 0.2) is 6.10 Å². The van der Waals surface area contributed by atoms with Gasteiger partial charge >= 0.3 is 6.18 Å². The first-order chi connectivity index (χ1) is 7.48. The van der Waals surface area contributed by atoms with Crippen molar-refractivity contribution >= 4 is 0 Å². The Kier molecular flexibility index (Phi) is 8.66. The number of hydrogen-bond acceptors (Lipinski definition) is 2. The summed E-state index contributed by atoms with van der Waals surface area (Å²) in [5, 5.41) is 3.06. The second-order valence-corrected chi connectivity index (χ2v) is 3.87. The molecule has 1 N–H and O–H groups in total. The molecule has 0 spiro atoms. The molecule has 5 heteroatoms. The Hall–Kier alpha value is -0.290. The third-order valence-electron chi connectivity index (χ3n) is 2.31. The second-order valence-electron chi connectivity index (χ2n) is 3.87. The lowest BCUT2D eigenvalue weighted by atomic mass is 10.2. The third kappa shape index (κ3) is 8.97. The first-order valence-electron chi connectivity index (χ1n) is 5.87. The van der Waals surface area contributed by atoms with E-state index in [0.717, 1.165) is 19.9 Å². The highest BCUT2D eigenvalue weighted by atomic mass is 19.4. The highest BCUT2D eigenvalue weighted by Crippen LogP contribution is 2.21. The average molecular weight is 241 g/mol. The maximum Gasteiger partial charge on any atom is 0.414 e. The Bertz CT molecular complexity index is 162. The van der Waals surface area contributed by atoms with Gasteiger partial charge in [0, 0.05) is 6.54 Å². The van der Waals surface area contributed by atoms with Gasteiger partial charge in [0.05, 0.1) is 6.61 Å². The minimum atomic E-state index is -4.25. The van der Waals surface area contributed by atoms with Crippen LogP contribution in [0, 0.1) is 0 Å². The molecule has 0 aromatic heterocycles. The first-order valence-corrected chi connectivity index (χ1v) is 5.87. The summed E-state index contributed by atoms with van der Waals surface area (Å²) in [6.07, 6.45) is -1.28. The topological polar surface area (TPSA) is 21.3 Å². The molecule has 0 saturated heterocycles. The van der Waals surface area contributed by atoms with Crippen molar-refractivity contribution in [1.82, 2.24) is 5.32 Å². The summed E-state index contributed by atoms with van der Waals surface area (Å²) in [5.41, 5.74) is 0. The van der Waals surface area contributed by atoms with E-state index >= 15 is 0 Å². The molecule has 1 unspecified atom stereocenters. The number of halogens is 3. The number of alkyl halides is 3. The van der Waals surface area contributed by atoms with Crippen LogP contribution >= 0.6 is 0 Å². The normalized spacial score (nSPS) is 14.1. The summed E-state index contributed by atoms with van der Waals surface area (Å²) in [7, 11) is 0. The van der Waals surface area contributed by atoms with E-state index in [1.807, 2.05) is 0 Å². The van der Waals surface area contributed by atoms with Crippen molar-refractivity contribution in [3.8, 4) is 0 Å². The quantitative estimate of drug-likeness (QED) is 0.626. The second kappa shape index (κ2) is 8.82. The van der Waals surface area contributed by atoms with Crippen LogP contribution in [0.25, 0.3) is 0 Å². The predicted molar refractivity (Wildman–Crippen MR) is 58.5 cm³/mol. The zero-order chi connectivity index (χ0) is 12.4. The predicted octanol–water partition coefficient (Wildman–Crippen LogP) is 3.12. The van der Waals surface area contributed by atoms with Crippen molar-refractivity contribution in [2.45, 2.75) is 51.8 Å². The van der Waals surface area contributed by atoms with Crippen LogP contribution in [-0.4, -0.2) is 32.0 Å². The monoisotopic (exact) mass is 241 g/mol. The summed E-state index contributed by atoms with van der Waals surface area (Å²) in [5.74, 6) is 0. The van der Waals surface area contributed by atoms with E-state index in [4.69, 9.17) is 0 Å². The van der Waals surface area contributed by atoms with Crippen molar-refractivity contribution in [2.24, 2.45) is 0 Å². The largest absolute Gasteiger partial charge is 0.414 e. The summed E-state index contributed by atoms with van der Waals surface area (Å²) >= 11 is 0.